The molecule has 2 N–H and O–H groups in total. The summed E-state index contributed by atoms with van der Waals surface area (Å²) in [7, 11) is 0. The molecular formula is C9H18N2O2. The Morgan fingerprint density at radius 1 is 1.08 bits per heavy atom. The van der Waals surface area contributed by atoms with E-state index in [9.17, 15) is 9.59 Å². The highest BCUT2D eigenvalue weighted by atomic mass is 16.2. The van der Waals surface area contributed by atoms with Gasteiger partial charge in [0.25, 0.3) is 0 Å². The lowest BCUT2D eigenvalue weighted by Crippen LogP contribution is -2.39. The summed E-state index contributed by atoms with van der Waals surface area (Å²) < 4.78 is 0. The molecule has 0 aliphatic rings. The zero-order chi connectivity index (χ0) is 10.5. The van der Waals surface area contributed by atoms with Crippen LogP contribution in [0.2, 0.25) is 0 Å². The zero-order valence-electron chi connectivity index (χ0n) is 8.73. The molecule has 0 bridgehead atoms. The number of hydrogen-bond donors (Lipinski definition) is 2. The fraction of sp³-hybridized carbons (Fsp3) is 0.778. The third kappa shape index (κ3) is 6.13. The minimum absolute atomic E-state index is 0.00199. The SMILES string of the molecule is CC(=O)NCCNC(=O)C(C)(C)C. The molecule has 0 saturated heterocycles. The second kappa shape index (κ2) is 4.84. The van der Waals surface area contributed by atoms with Gasteiger partial charge in [-0.25, -0.2) is 0 Å². The first kappa shape index (κ1) is 11.9. The molecular weight excluding hydrogens is 168 g/mol. The lowest BCUT2D eigenvalue weighted by atomic mass is 9.96. The van der Waals surface area contributed by atoms with Gasteiger partial charge in [-0.05, 0) is 0 Å². The van der Waals surface area contributed by atoms with Gasteiger partial charge in [0.1, 0.15) is 0 Å². The molecule has 0 atom stereocenters. The molecule has 0 aromatic rings. The van der Waals surface area contributed by atoms with E-state index in [2.05, 4.69) is 10.6 Å². The summed E-state index contributed by atoms with van der Waals surface area (Å²) in [6.07, 6.45) is 0. The van der Waals surface area contributed by atoms with E-state index in [0.717, 1.165) is 0 Å². The van der Waals surface area contributed by atoms with Crippen LogP contribution >= 0.6 is 0 Å². The summed E-state index contributed by atoms with van der Waals surface area (Å²) in [5.41, 5.74) is -0.365. The Kier molecular flexibility index (Phi) is 4.45. The van der Waals surface area contributed by atoms with Gasteiger partial charge in [-0.15, -0.1) is 0 Å². The van der Waals surface area contributed by atoms with E-state index >= 15 is 0 Å². The van der Waals surface area contributed by atoms with Crippen molar-refractivity contribution in [3.05, 3.63) is 0 Å². The standard InChI is InChI=1S/C9H18N2O2/c1-7(12)10-5-6-11-8(13)9(2,3)4/h5-6H2,1-4H3,(H,10,12)(H,11,13). The number of amides is 2. The molecule has 0 radical (unpaired) electrons. The molecule has 0 aliphatic heterocycles. The maximum Gasteiger partial charge on any atom is 0.225 e. The van der Waals surface area contributed by atoms with Crippen LogP contribution in [0.4, 0.5) is 0 Å². The van der Waals surface area contributed by atoms with E-state index < -0.39 is 0 Å². The van der Waals surface area contributed by atoms with E-state index in [4.69, 9.17) is 0 Å². The summed E-state index contributed by atoms with van der Waals surface area (Å²) in [6.45, 7) is 7.96. The van der Waals surface area contributed by atoms with E-state index in [1.165, 1.54) is 6.92 Å². The van der Waals surface area contributed by atoms with Gasteiger partial charge in [0, 0.05) is 25.4 Å². The van der Waals surface area contributed by atoms with Crippen LogP contribution in [0, 0.1) is 5.41 Å². The minimum atomic E-state index is -0.365. The van der Waals surface area contributed by atoms with Gasteiger partial charge in [-0.2, -0.15) is 0 Å². The molecule has 0 unspecified atom stereocenters. The lowest BCUT2D eigenvalue weighted by Gasteiger charge is -2.17. The van der Waals surface area contributed by atoms with Gasteiger partial charge in [0.2, 0.25) is 11.8 Å². The first-order chi connectivity index (χ1) is 5.84. The molecule has 76 valence electrons. The summed E-state index contributed by atoms with van der Waals surface area (Å²) in [6, 6.07) is 0. The molecule has 0 fully saturated rings. The topological polar surface area (TPSA) is 58.2 Å². The van der Waals surface area contributed by atoms with Crippen LogP contribution in [0.25, 0.3) is 0 Å². The quantitative estimate of drug-likeness (QED) is 0.622. The average molecular weight is 186 g/mol. The van der Waals surface area contributed by atoms with Crippen LogP contribution in [-0.4, -0.2) is 24.9 Å². The maximum atomic E-state index is 11.3. The summed E-state index contributed by atoms with van der Waals surface area (Å²) in [5.74, 6) is -0.0807. The Morgan fingerprint density at radius 3 is 1.92 bits per heavy atom. The highest BCUT2D eigenvalue weighted by Gasteiger charge is 2.19. The van der Waals surface area contributed by atoms with Gasteiger partial charge in [-0.1, -0.05) is 20.8 Å². The normalized spacial score (nSPS) is 10.8. The summed E-state index contributed by atoms with van der Waals surface area (Å²) >= 11 is 0. The van der Waals surface area contributed by atoms with Crippen LogP contribution in [0.1, 0.15) is 27.7 Å². The highest BCUT2D eigenvalue weighted by molar-refractivity contribution is 5.81. The van der Waals surface area contributed by atoms with Crippen molar-refractivity contribution >= 4 is 11.8 Å². The van der Waals surface area contributed by atoms with Crippen LogP contribution in [0.15, 0.2) is 0 Å². The predicted molar refractivity (Wildman–Crippen MR) is 51.1 cm³/mol. The molecule has 0 aliphatic carbocycles. The third-order valence-corrected chi connectivity index (χ3v) is 1.47. The Balaban J connectivity index is 3.55. The van der Waals surface area contributed by atoms with E-state index in [1.807, 2.05) is 20.8 Å². The van der Waals surface area contributed by atoms with Crippen molar-refractivity contribution in [1.29, 1.82) is 0 Å². The Labute approximate surface area is 79.1 Å². The van der Waals surface area contributed by atoms with Gasteiger partial charge in [0.15, 0.2) is 0 Å². The molecule has 13 heavy (non-hydrogen) atoms. The Bertz CT molecular complexity index is 194. The van der Waals surface area contributed by atoms with Crippen molar-refractivity contribution in [2.75, 3.05) is 13.1 Å². The monoisotopic (exact) mass is 186 g/mol. The van der Waals surface area contributed by atoms with Crippen LogP contribution in [0.5, 0.6) is 0 Å². The van der Waals surface area contributed by atoms with Crippen molar-refractivity contribution in [2.24, 2.45) is 5.41 Å². The minimum Gasteiger partial charge on any atom is -0.355 e. The van der Waals surface area contributed by atoms with E-state index in [-0.39, 0.29) is 17.2 Å². The van der Waals surface area contributed by atoms with Crippen molar-refractivity contribution in [3.63, 3.8) is 0 Å². The number of carbonyl (C=O) groups is 2. The van der Waals surface area contributed by atoms with Crippen molar-refractivity contribution < 1.29 is 9.59 Å². The van der Waals surface area contributed by atoms with Crippen molar-refractivity contribution in [3.8, 4) is 0 Å². The molecule has 0 aromatic heterocycles. The molecule has 0 spiro atoms. The van der Waals surface area contributed by atoms with Crippen LogP contribution < -0.4 is 10.6 Å². The van der Waals surface area contributed by atoms with Crippen LogP contribution in [-0.2, 0) is 9.59 Å². The first-order valence-electron chi connectivity index (χ1n) is 4.37. The second-order valence-electron chi connectivity index (χ2n) is 3.99. The molecule has 2 amide bonds. The number of carbonyl (C=O) groups excluding carboxylic acids is 2. The summed E-state index contributed by atoms with van der Waals surface area (Å²) in [4.78, 5) is 21.7. The zero-order valence-corrected chi connectivity index (χ0v) is 8.73. The molecule has 0 aromatic carbocycles. The predicted octanol–water partition coefficient (Wildman–Crippen LogP) is 0.285. The number of nitrogens with one attached hydrogen (secondary N) is 2. The fourth-order valence-electron chi connectivity index (χ4n) is 0.680. The largest absolute Gasteiger partial charge is 0.355 e. The number of rotatable bonds is 3. The van der Waals surface area contributed by atoms with E-state index in [1.54, 1.807) is 0 Å². The molecule has 4 nitrogen and oxygen atoms in total. The van der Waals surface area contributed by atoms with E-state index in [0.29, 0.717) is 13.1 Å². The Morgan fingerprint density at radius 2 is 1.54 bits per heavy atom. The molecule has 4 heteroatoms. The van der Waals surface area contributed by atoms with Gasteiger partial charge >= 0.3 is 0 Å². The van der Waals surface area contributed by atoms with Gasteiger partial charge in [-0.3, -0.25) is 9.59 Å². The maximum absolute atomic E-state index is 11.3. The Hall–Kier alpha value is -1.06. The molecule has 0 heterocycles. The molecule has 0 rings (SSSR count). The van der Waals surface area contributed by atoms with Crippen LogP contribution in [0.3, 0.4) is 0 Å². The third-order valence-electron chi connectivity index (χ3n) is 1.47. The van der Waals surface area contributed by atoms with Gasteiger partial charge in [0.05, 0.1) is 0 Å². The second-order valence-corrected chi connectivity index (χ2v) is 3.99. The van der Waals surface area contributed by atoms with Gasteiger partial charge < -0.3 is 10.6 Å². The lowest BCUT2D eigenvalue weighted by molar-refractivity contribution is -0.128. The average Bonchev–Trinajstić information content (AvgIpc) is 1.95. The smallest absolute Gasteiger partial charge is 0.225 e. The first-order valence-corrected chi connectivity index (χ1v) is 4.37. The number of hydrogen-bond acceptors (Lipinski definition) is 2. The fourth-order valence-corrected chi connectivity index (χ4v) is 0.680. The highest BCUT2D eigenvalue weighted by Crippen LogP contribution is 2.11. The van der Waals surface area contributed by atoms with Crippen molar-refractivity contribution in [1.82, 2.24) is 10.6 Å². The molecule has 0 saturated carbocycles. The van der Waals surface area contributed by atoms with Crippen molar-refractivity contribution in [2.45, 2.75) is 27.7 Å². The summed E-state index contributed by atoms with van der Waals surface area (Å²) in [5, 5.41) is 5.32.